The van der Waals surface area contributed by atoms with Crippen LogP contribution in [0.1, 0.15) is 0 Å². The number of fused-ring (bicyclic) bond motifs is 2. The molecule has 0 spiro atoms. The number of hydrogen-bond donors (Lipinski definition) is 2. The van der Waals surface area contributed by atoms with E-state index in [9.17, 15) is 0 Å². The van der Waals surface area contributed by atoms with Gasteiger partial charge in [0.15, 0.2) is 0 Å². The summed E-state index contributed by atoms with van der Waals surface area (Å²) in [7, 11) is 0. The Balaban J connectivity index is 2.34. The van der Waals surface area contributed by atoms with Gasteiger partial charge in [-0.15, -0.1) is 0 Å². The Morgan fingerprint density at radius 1 is 0.889 bits per heavy atom. The highest BCUT2D eigenvalue weighted by molar-refractivity contribution is 6.07. The van der Waals surface area contributed by atoms with E-state index in [0.717, 1.165) is 27.5 Å². The number of pyridine rings is 1. The van der Waals surface area contributed by atoms with E-state index >= 15 is 0 Å². The maximum absolute atomic E-state index is 8.99. The van der Waals surface area contributed by atoms with Crippen molar-refractivity contribution in [3.63, 3.8) is 0 Å². The number of para-hydroxylation sites is 2. The number of aromatic nitrogens is 1. The van der Waals surface area contributed by atoms with Crippen LogP contribution in [0.25, 0.3) is 21.8 Å². The molecule has 1 heterocycles. The molecule has 0 aliphatic rings. The van der Waals surface area contributed by atoms with Crippen LogP contribution in [-0.4, -0.2) is 23.2 Å². The lowest BCUT2D eigenvalue weighted by Gasteiger charge is -2.12. The van der Waals surface area contributed by atoms with E-state index < -0.39 is 0 Å². The van der Waals surface area contributed by atoms with Gasteiger partial charge in [0.2, 0.25) is 0 Å². The van der Waals surface area contributed by atoms with Gasteiger partial charge in [-0.3, -0.25) is 0 Å². The topological polar surface area (TPSA) is 45.1 Å². The number of benzene rings is 2. The van der Waals surface area contributed by atoms with Crippen LogP contribution in [0.15, 0.2) is 48.5 Å². The van der Waals surface area contributed by atoms with Crippen molar-refractivity contribution in [3.8, 4) is 0 Å². The van der Waals surface area contributed by atoms with Gasteiger partial charge >= 0.3 is 0 Å². The van der Waals surface area contributed by atoms with E-state index in [1.165, 1.54) is 0 Å². The van der Waals surface area contributed by atoms with Crippen molar-refractivity contribution in [2.24, 2.45) is 0 Å². The molecule has 3 nitrogen and oxygen atoms in total. The van der Waals surface area contributed by atoms with E-state index in [1.807, 2.05) is 36.4 Å². The van der Waals surface area contributed by atoms with Gasteiger partial charge in [0.05, 0.1) is 23.3 Å². The van der Waals surface area contributed by atoms with Crippen LogP contribution < -0.4 is 5.32 Å². The Hall–Kier alpha value is -2.13. The number of aliphatic hydroxyl groups excluding tert-OH is 1. The number of aliphatic hydroxyl groups is 1. The highest BCUT2D eigenvalue weighted by Crippen LogP contribution is 2.30. The molecule has 3 aromatic rings. The molecule has 0 fully saturated rings. The fourth-order valence-corrected chi connectivity index (χ4v) is 2.21. The average Bonchev–Trinajstić information content (AvgIpc) is 2.43. The number of nitrogens with one attached hydrogen (secondary N) is 1. The van der Waals surface area contributed by atoms with Gasteiger partial charge in [0.1, 0.15) is 0 Å². The van der Waals surface area contributed by atoms with Crippen molar-refractivity contribution < 1.29 is 5.11 Å². The number of nitrogens with zero attached hydrogens (tertiary/aromatic N) is 1. The van der Waals surface area contributed by atoms with E-state index in [4.69, 9.17) is 5.11 Å². The van der Waals surface area contributed by atoms with Gasteiger partial charge in [-0.25, -0.2) is 4.98 Å². The lowest BCUT2D eigenvalue weighted by atomic mass is 10.1. The quantitative estimate of drug-likeness (QED) is 0.690. The molecule has 1 aromatic heterocycles. The Morgan fingerprint density at radius 2 is 1.44 bits per heavy atom. The number of hydrogen-bond acceptors (Lipinski definition) is 3. The van der Waals surface area contributed by atoms with Crippen LogP contribution in [0.5, 0.6) is 0 Å². The standard InChI is InChI=1S/C15H14N2O/c18-10-9-16-15-11-5-1-3-7-13(11)17-14-8-4-2-6-12(14)15/h1-8,18H,9-10H2,(H,16,17). The fourth-order valence-electron chi connectivity index (χ4n) is 2.21. The number of rotatable bonds is 3. The third-order valence-corrected chi connectivity index (χ3v) is 3.00. The molecule has 0 aliphatic carbocycles. The largest absolute Gasteiger partial charge is 0.395 e. The second-order valence-corrected chi connectivity index (χ2v) is 4.17. The second-order valence-electron chi connectivity index (χ2n) is 4.17. The first kappa shape index (κ1) is 11.0. The summed E-state index contributed by atoms with van der Waals surface area (Å²) in [6.45, 7) is 0.656. The van der Waals surface area contributed by atoms with Crippen molar-refractivity contribution >= 4 is 27.5 Å². The average molecular weight is 238 g/mol. The molecule has 2 N–H and O–H groups in total. The molecular weight excluding hydrogens is 224 g/mol. The van der Waals surface area contributed by atoms with E-state index in [0.29, 0.717) is 6.54 Å². The van der Waals surface area contributed by atoms with Gasteiger partial charge in [0, 0.05) is 17.3 Å². The van der Waals surface area contributed by atoms with Gasteiger partial charge in [-0.1, -0.05) is 36.4 Å². The molecule has 0 atom stereocenters. The molecule has 3 heteroatoms. The lowest BCUT2D eigenvalue weighted by molar-refractivity contribution is 0.311. The van der Waals surface area contributed by atoms with Crippen molar-refractivity contribution in [2.45, 2.75) is 0 Å². The molecule has 18 heavy (non-hydrogen) atoms. The molecule has 0 bridgehead atoms. The summed E-state index contributed by atoms with van der Waals surface area (Å²) >= 11 is 0. The van der Waals surface area contributed by atoms with Crippen LogP contribution in [0.2, 0.25) is 0 Å². The van der Waals surface area contributed by atoms with Gasteiger partial charge in [0.25, 0.3) is 0 Å². The summed E-state index contributed by atoms with van der Waals surface area (Å²) in [5.74, 6) is 0. The monoisotopic (exact) mass is 238 g/mol. The van der Waals surface area contributed by atoms with Crippen molar-refractivity contribution in [1.82, 2.24) is 4.98 Å². The molecule has 0 amide bonds. The van der Waals surface area contributed by atoms with Crippen LogP contribution in [0.3, 0.4) is 0 Å². The molecule has 2 aromatic carbocycles. The van der Waals surface area contributed by atoms with Crippen LogP contribution >= 0.6 is 0 Å². The van der Waals surface area contributed by atoms with Crippen LogP contribution in [0, 0.1) is 0 Å². The van der Waals surface area contributed by atoms with Gasteiger partial charge in [-0.05, 0) is 12.1 Å². The summed E-state index contributed by atoms with van der Waals surface area (Å²) in [4.78, 5) is 4.64. The summed E-state index contributed by atoms with van der Waals surface area (Å²) in [6, 6.07) is 16.1. The van der Waals surface area contributed by atoms with Crippen molar-refractivity contribution in [1.29, 1.82) is 0 Å². The Morgan fingerprint density at radius 3 is 2.00 bits per heavy atom. The zero-order valence-corrected chi connectivity index (χ0v) is 9.93. The molecule has 0 radical (unpaired) electrons. The molecule has 0 saturated heterocycles. The molecule has 90 valence electrons. The molecular formula is C15H14N2O. The predicted octanol–water partition coefficient (Wildman–Crippen LogP) is 2.79. The number of anilines is 1. The third kappa shape index (κ3) is 1.79. The molecule has 0 saturated carbocycles. The molecule has 3 rings (SSSR count). The minimum Gasteiger partial charge on any atom is -0.395 e. The highest BCUT2D eigenvalue weighted by Gasteiger charge is 2.07. The lowest BCUT2D eigenvalue weighted by Crippen LogP contribution is -2.06. The third-order valence-electron chi connectivity index (χ3n) is 3.00. The van der Waals surface area contributed by atoms with E-state index in [2.05, 4.69) is 22.4 Å². The minimum absolute atomic E-state index is 0.116. The first-order chi connectivity index (χ1) is 8.90. The summed E-state index contributed by atoms with van der Waals surface area (Å²) in [5, 5.41) is 14.5. The smallest absolute Gasteiger partial charge is 0.0730 e. The Kier molecular flexibility index (Phi) is 2.82. The first-order valence-corrected chi connectivity index (χ1v) is 6.02. The second kappa shape index (κ2) is 4.63. The minimum atomic E-state index is 0.116. The highest BCUT2D eigenvalue weighted by atomic mass is 16.3. The van der Waals surface area contributed by atoms with Gasteiger partial charge < -0.3 is 10.4 Å². The predicted molar refractivity (Wildman–Crippen MR) is 74.8 cm³/mol. The van der Waals surface area contributed by atoms with Crippen LogP contribution in [-0.2, 0) is 0 Å². The fraction of sp³-hybridized carbons (Fsp3) is 0.133. The maximum Gasteiger partial charge on any atom is 0.0730 e. The summed E-state index contributed by atoms with van der Waals surface area (Å²) < 4.78 is 0. The normalized spacial score (nSPS) is 10.9. The van der Waals surface area contributed by atoms with E-state index in [1.54, 1.807) is 0 Å². The van der Waals surface area contributed by atoms with Crippen LogP contribution in [0.4, 0.5) is 5.69 Å². The Labute approximate surface area is 105 Å². The molecule has 0 aliphatic heterocycles. The molecule has 0 unspecified atom stereocenters. The van der Waals surface area contributed by atoms with Crippen molar-refractivity contribution in [3.05, 3.63) is 48.5 Å². The zero-order valence-electron chi connectivity index (χ0n) is 9.93. The Bertz CT molecular complexity index is 640. The maximum atomic E-state index is 8.99. The van der Waals surface area contributed by atoms with Crippen molar-refractivity contribution in [2.75, 3.05) is 18.5 Å². The summed E-state index contributed by atoms with van der Waals surface area (Å²) in [5.41, 5.74) is 2.98. The van der Waals surface area contributed by atoms with E-state index in [-0.39, 0.29) is 6.61 Å². The zero-order chi connectivity index (χ0) is 12.4. The SMILES string of the molecule is OCCNc1c2ccccc2nc2ccccc12. The first-order valence-electron chi connectivity index (χ1n) is 6.02. The summed E-state index contributed by atoms with van der Waals surface area (Å²) in [6.07, 6.45) is 0. The van der Waals surface area contributed by atoms with Gasteiger partial charge in [-0.2, -0.15) is 0 Å².